The zero-order chi connectivity index (χ0) is 25.7. The lowest BCUT2D eigenvalue weighted by atomic mass is 9.75. The third-order valence-electron chi connectivity index (χ3n) is 7.07. The topological polar surface area (TPSA) is 111 Å². The van der Waals surface area contributed by atoms with E-state index in [9.17, 15) is 20.2 Å². The third kappa shape index (κ3) is 3.57. The van der Waals surface area contributed by atoms with E-state index in [1.165, 1.54) is 12.1 Å². The van der Waals surface area contributed by atoms with Crippen LogP contribution in [0.5, 0.6) is 11.5 Å². The Labute approximate surface area is 212 Å². The van der Waals surface area contributed by atoms with E-state index in [1.54, 1.807) is 12.1 Å². The van der Waals surface area contributed by atoms with Crippen molar-refractivity contribution in [2.75, 3.05) is 11.7 Å². The van der Waals surface area contributed by atoms with E-state index >= 15 is 0 Å². The molecule has 9 heteroatoms. The highest BCUT2D eigenvalue weighted by Crippen LogP contribution is 2.50. The van der Waals surface area contributed by atoms with Gasteiger partial charge in [0.1, 0.15) is 5.82 Å². The van der Waals surface area contributed by atoms with Crippen LogP contribution in [-0.4, -0.2) is 22.1 Å². The summed E-state index contributed by atoms with van der Waals surface area (Å²) in [6.45, 7) is 1.99. The Morgan fingerprint density at radius 2 is 1.86 bits per heavy atom. The number of nitrogens with zero attached hydrogens (tertiary/aromatic N) is 4. The van der Waals surface area contributed by atoms with Crippen LogP contribution in [0.1, 0.15) is 36.3 Å². The van der Waals surface area contributed by atoms with Crippen LogP contribution in [0.15, 0.2) is 77.8 Å². The van der Waals surface area contributed by atoms with Crippen molar-refractivity contribution in [3.05, 3.63) is 99.0 Å². The standard InChI is InChI=1S/C28H22N4O5/c1-17-7-9-19(32(34)35)14-22(17)31-21-5-4-6-23(33)27(21)26(18-8-10-24-25(13-18)37-16-36-24)20(15-29)28(31)30-11-2-3-12-30/h2-3,7-14,26H,4-6,16H2,1H3/t26-/m1/s1. The largest absolute Gasteiger partial charge is 0.454 e. The average Bonchev–Trinajstić information content (AvgIpc) is 3.60. The molecule has 3 aromatic rings. The molecule has 0 bridgehead atoms. The van der Waals surface area contributed by atoms with Crippen molar-refractivity contribution in [3.63, 3.8) is 0 Å². The van der Waals surface area contributed by atoms with Crippen molar-refractivity contribution in [1.82, 2.24) is 4.57 Å². The van der Waals surface area contributed by atoms with Crippen LogP contribution in [0, 0.1) is 28.4 Å². The minimum atomic E-state index is -0.616. The van der Waals surface area contributed by atoms with Gasteiger partial charge in [0.2, 0.25) is 6.79 Å². The number of anilines is 1. The Balaban J connectivity index is 1.67. The molecule has 0 saturated carbocycles. The van der Waals surface area contributed by atoms with E-state index in [4.69, 9.17) is 9.47 Å². The zero-order valence-electron chi connectivity index (χ0n) is 20.0. The van der Waals surface area contributed by atoms with Gasteiger partial charge in [-0.15, -0.1) is 0 Å². The first-order chi connectivity index (χ1) is 18.0. The number of hydrogen-bond acceptors (Lipinski definition) is 7. The quantitative estimate of drug-likeness (QED) is 0.351. The van der Waals surface area contributed by atoms with Crippen molar-refractivity contribution < 1.29 is 19.2 Å². The van der Waals surface area contributed by atoms with E-state index in [-0.39, 0.29) is 18.3 Å². The minimum absolute atomic E-state index is 0.0312. The van der Waals surface area contributed by atoms with Gasteiger partial charge in [0.05, 0.1) is 28.2 Å². The molecule has 6 rings (SSSR count). The van der Waals surface area contributed by atoms with E-state index in [0.29, 0.717) is 53.4 Å². The molecule has 0 N–H and O–H groups in total. The Kier molecular flexibility index (Phi) is 5.30. The SMILES string of the molecule is Cc1ccc([N+](=O)[O-])cc1N1C2=C(C(=O)CCC2)[C@H](c2ccc3c(c2)OCO3)C(C#N)=C1n1cccc1. The lowest BCUT2D eigenvalue weighted by Crippen LogP contribution is -2.37. The average molecular weight is 495 g/mol. The van der Waals surface area contributed by atoms with Gasteiger partial charge in [0.15, 0.2) is 17.3 Å². The summed E-state index contributed by atoms with van der Waals surface area (Å²) in [6.07, 6.45) is 5.28. The van der Waals surface area contributed by atoms with Crippen LogP contribution in [0.4, 0.5) is 11.4 Å². The first kappa shape index (κ1) is 22.6. The van der Waals surface area contributed by atoms with Crippen LogP contribution >= 0.6 is 0 Å². The van der Waals surface area contributed by atoms with Crippen LogP contribution in [0.3, 0.4) is 0 Å². The van der Waals surface area contributed by atoms with Gasteiger partial charge in [-0.2, -0.15) is 5.26 Å². The van der Waals surface area contributed by atoms with E-state index in [1.807, 2.05) is 53.0 Å². The second-order valence-electron chi connectivity index (χ2n) is 9.19. The molecule has 0 saturated heterocycles. The fourth-order valence-corrected chi connectivity index (χ4v) is 5.41. The van der Waals surface area contributed by atoms with Gasteiger partial charge in [-0.25, -0.2) is 0 Å². The predicted octanol–water partition coefficient (Wildman–Crippen LogP) is 5.44. The first-order valence-corrected chi connectivity index (χ1v) is 12.0. The molecule has 37 heavy (non-hydrogen) atoms. The smallest absolute Gasteiger partial charge is 0.271 e. The summed E-state index contributed by atoms with van der Waals surface area (Å²) in [5.74, 6) is 1.09. The molecule has 1 aromatic heterocycles. The fraction of sp³-hybridized carbons (Fsp3) is 0.214. The number of benzene rings is 2. The molecule has 184 valence electrons. The monoisotopic (exact) mass is 494 g/mol. The Morgan fingerprint density at radius 1 is 1.08 bits per heavy atom. The Morgan fingerprint density at radius 3 is 2.62 bits per heavy atom. The van der Waals surface area contributed by atoms with Gasteiger partial charge < -0.3 is 14.0 Å². The molecule has 2 aliphatic heterocycles. The third-order valence-corrected chi connectivity index (χ3v) is 7.07. The summed E-state index contributed by atoms with van der Waals surface area (Å²) < 4.78 is 12.9. The van der Waals surface area contributed by atoms with E-state index in [2.05, 4.69) is 6.07 Å². The van der Waals surface area contributed by atoms with Crippen molar-refractivity contribution in [3.8, 4) is 17.6 Å². The number of nitro groups is 1. The van der Waals surface area contributed by atoms with Gasteiger partial charge in [-0.1, -0.05) is 12.1 Å². The molecule has 0 unspecified atom stereocenters. The molecule has 3 aliphatic rings. The number of ketones is 1. The molecular formula is C28H22N4O5. The molecule has 1 aliphatic carbocycles. The lowest BCUT2D eigenvalue weighted by molar-refractivity contribution is -0.384. The summed E-state index contributed by atoms with van der Waals surface area (Å²) in [4.78, 5) is 26.7. The summed E-state index contributed by atoms with van der Waals surface area (Å²) >= 11 is 0. The molecule has 9 nitrogen and oxygen atoms in total. The number of allylic oxidation sites excluding steroid dienone is 3. The van der Waals surface area contributed by atoms with Gasteiger partial charge in [0.25, 0.3) is 5.69 Å². The summed E-state index contributed by atoms with van der Waals surface area (Å²) in [7, 11) is 0. The van der Waals surface area contributed by atoms with Crippen molar-refractivity contribution in [1.29, 1.82) is 5.26 Å². The highest BCUT2D eigenvalue weighted by Gasteiger charge is 2.42. The molecule has 0 fully saturated rings. The van der Waals surface area contributed by atoms with Gasteiger partial charge in [0, 0.05) is 42.2 Å². The maximum absolute atomic E-state index is 13.6. The number of carbonyl (C=O) groups is 1. The first-order valence-electron chi connectivity index (χ1n) is 12.0. The Bertz CT molecular complexity index is 1560. The maximum atomic E-state index is 13.6. The number of aromatic nitrogens is 1. The van der Waals surface area contributed by atoms with Crippen LogP contribution in [0.25, 0.3) is 5.82 Å². The van der Waals surface area contributed by atoms with Gasteiger partial charge >= 0.3 is 0 Å². The zero-order valence-corrected chi connectivity index (χ0v) is 20.0. The lowest BCUT2D eigenvalue weighted by Gasteiger charge is -2.41. The van der Waals surface area contributed by atoms with Crippen molar-refractivity contribution in [2.24, 2.45) is 0 Å². The number of fused-ring (bicyclic) bond motifs is 1. The van der Waals surface area contributed by atoms with Gasteiger partial charge in [-0.05, 0) is 55.2 Å². The molecule has 2 aromatic carbocycles. The fourth-order valence-electron chi connectivity index (χ4n) is 5.41. The maximum Gasteiger partial charge on any atom is 0.271 e. The van der Waals surface area contributed by atoms with Crippen LogP contribution in [0.2, 0.25) is 0 Å². The van der Waals surface area contributed by atoms with Crippen molar-refractivity contribution in [2.45, 2.75) is 32.1 Å². The predicted molar refractivity (Wildman–Crippen MR) is 135 cm³/mol. The van der Waals surface area contributed by atoms with E-state index < -0.39 is 10.8 Å². The highest BCUT2D eigenvalue weighted by atomic mass is 16.7. The number of rotatable bonds is 4. The van der Waals surface area contributed by atoms with Crippen LogP contribution < -0.4 is 14.4 Å². The van der Waals surface area contributed by atoms with Crippen molar-refractivity contribution >= 4 is 23.0 Å². The number of nitriles is 1. The van der Waals surface area contributed by atoms with E-state index in [0.717, 1.165) is 16.8 Å². The van der Waals surface area contributed by atoms with Crippen LogP contribution in [-0.2, 0) is 4.79 Å². The number of non-ortho nitro benzene ring substituents is 1. The minimum Gasteiger partial charge on any atom is -0.454 e. The number of nitro benzene ring substituents is 1. The number of hydrogen-bond donors (Lipinski definition) is 0. The number of aryl methyl sites for hydroxylation is 1. The molecular weight excluding hydrogens is 472 g/mol. The Hall–Kier alpha value is -4.84. The second kappa shape index (κ2) is 8.68. The molecule has 1 atom stereocenters. The number of Topliss-reactive ketones (excluding diaryl/α,β-unsaturated/α-hetero) is 1. The molecule has 3 heterocycles. The summed E-state index contributed by atoms with van der Waals surface area (Å²) in [6, 6.07) is 16.3. The summed E-state index contributed by atoms with van der Waals surface area (Å²) in [5, 5.41) is 22.3. The highest BCUT2D eigenvalue weighted by molar-refractivity contribution is 6.03. The normalized spacial score (nSPS) is 18.6. The second-order valence-corrected chi connectivity index (χ2v) is 9.19. The summed E-state index contributed by atoms with van der Waals surface area (Å²) in [5.41, 5.74) is 3.72. The molecule has 0 amide bonds. The molecule has 0 spiro atoms. The number of carbonyl (C=O) groups excluding carboxylic acids is 1. The molecule has 0 radical (unpaired) electrons. The number of ether oxygens (including phenoxy) is 2. The van der Waals surface area contributed by atoms with Gasteiger partial charge in [-0.3, -0.25) is 19.8 Å².